The van der Waals surface area contributed by atoms with Gasteiger partial charge in [0.2, 0.25) is 0 Å². The Bertz CT molecular complexity index is 555. The van der Waals surface area contributed by atoms with Gasteiger partial charge in [0.1, 0.15) is 5.82 Å². The topological polar surface area (TPSA) is 50.9 Å². The van der Waals surface area contributed by atoms with E-state index in [2.05, 4.69) is 10.3 Å². The van der Waals surface area contributed by atoms with Crippen molar-refractivity contribution in [1.82, 2.24) is 4.98 Å². The third kappa shape index (κ3) is 2.81. The molecule has 1 aromatic heterocycles. The highest BCUT2D eigenvalue weighted by Crippen LogP contribution is 2.31. The highest BCUT2D eigenvalue weighted by molar-refractivity contribution is 6.35. The first kappa shape index (κ1) is 12.0. The number of halogens is 2. The molecule has 5 heteroatoms. The van der Waals surface area contributed by atoms with Gasteiger partial charge in [0.05, 0.1) is 10.7 Å². The molecular weight excluding hydrogens is 257 g/mol. The molecule has 0 atom stereocenters. The van der Waals surface area contributed by atoms with Crippen LogP contribution in [0.3, 0.4) is 0 Å². The van der Waals surface area contributed by atoms with Gasteiger partial charge >= 0.3 is 0 Å². The predicted molar refractivity (Wildman–Crippen MR) is 73.1 cm³/mol. The van der Waals surface area contributed by atoms with E-state index >= 15 is 0 Å². The van der Waals surface area contributed by atoms with E-state index in [1.54, 1.807) is 24.4 Å². The summed E-state index contributed by atoms with van der Waals surface area (Å²) in [5.74, 6) is 0.448. The number of nitrogens with one attached hydrogen (secondary N) is 1. The largest absolute Gasteiger partial charge is 0.384 e. The van der Waals surface area contributed by atoms with Crippen LogP contribution in [-0.4, -0.2) is 4.98 Å². The molecule has 0 fully saturated rings. The second-order valence-electron chi connectivity index (χ2n) is 3.68. The molecule has 2 aromatic rings. The van der Waals surface area contributed by atoms with Crippen LogP contribution in [0.2, 0.25) is 10.0 Å². The SMILES string of the molecule is Cc1cc(Cl)c(Nc2ccnc(N)c2)cc1Cl. The van der Waals surface area contributed by atoms with E-state index in [9.17, 15) is 0 Å². The number of rotatable bonds is 2. The maximum atomic E-state index is 6.12. The van der Waals surface area contributed by atoms with Gasteiger partial charge in [-0.1, -0.05) is 23.2 Å². The normalized spacial score (nSPS) is 10.3. The van der Waals surface area contributed by atoms with Crippen molar-refractivity contribution >= 4 is 40.4 Å². The van der Waals surface area contributed by atoms with Crippen LogP contribution < -0.4 is 11.1 Å². The number of aryl methyl sites for hydroxylation is 1. The Morgan fingerprint density at radius 2 is 1.94 bits per heavy atom. The molecule has 3 nitrogen and oxygen atoms in total. The molecule has 0 unspecified atom stereocenters. The van der Waals surface area contributed by atoms with Crippen LogP contribution in [0.15, 0.2) is 30.5 Å². The van der Waals surface area contributed by atoms with Crippen molar-refractivity contribution in [2.75, 3.05) is 11.1 Å². The Labute approximate surface area is 110 Å². The maximum absolute atomic E-state index is 6.12. The van der Waals surface area contributed by atoms with Crippen LogP contribution in [0.4, 0.5) is 17.2 Å². The standard InChI is InChI=1S/C12H11Cl2N3/c1-7-4-10(14)11(6-9(7)13)17-8-2-3-16-12(15)5-8/h2-6H,1H3,(H3,15,16,17). The average molecular weight is 268 g/mol. The fourth-order valence-electron chi connectivity index (χ4n) is 1.42. The van der Waals surface area contributed by atoms with Crippen LogP contribution >= 0.6 is 23.2 Å². The molecule has 3 N–H and O–H groups in total. The van der Waals surface area contributed by atoms with Crippen LogP contribution in [0, 0.1) is 6.92 Å². The summed E-state index contributed by atoms with van der Waals surface area (Å²) in [7, 11) is 0. The molecule has 0 spiro atoms. The Hall–Kier alpha value is -1.45. The summed E-state index contributed by atoms with van der Waals surface area (Å²) in [6.07, 6.45) is 1.63. The lowest BCUT2D eigenvalue weighted by molar-refractivity contribution is 1.33. The molecule has 0 aliphatic rings. The number of benzene rings is 1. The van der Waals surface area contributed by atoms with E-state index in [0.717, 1.165) is 16.9 Å². The molecule has 0 bridgehead atoms. The predicted octanol–water partition coefficient (Wildman–Crippen LogP) is 4.02. The van der Waals surface area contributed by atoms with Gasteiger partial charge in [0.25, 0.3) is 0 Å². The second-order valence-corrected chi connectivity index (χ2v) is 4.49. The Balaban J connectivity index is 2.33. The maximum Gasteiger partial charge on any atom is 0.125 e. The summed E-state index contributed by atoms with van der Waals surface area (Å²) in [6, 6.07) is 7.14. The second kappa shape index (κ2) is 4.82. The van der Waals surface area contributed by atoms with E-state index < -0.39 is 0 Å². The van der Waals surface area contributed by atoms with Crippen LogP contribution in [-0.2, 0) is 0 Å². The zero-order valence-electron chi connectivity index (χ0n) is 9.17. The van der Waals surface area contributed by atoms with E-state index in [4.69, 9.17) is 28.9 Å². The van der Waals surface area contributed by atoms with Gasteiger partial charge in [0.15, 0.2) is 0 Å². The van der Waals surface area contributed by atoms with Crippen molar-refractivity contribution in [3.05, 3.63) is 46.1 Å². The number of anilines is 3. The van der Waals surface area contributed by atoms with Crippen molar-refractivity contribution < 1.29 is 0 Å². The minimum absolute atomic E-state index is 0.448. The molecule has 1 aromatic carbocycles. The zero-order valence-corrected chi connectivity index (χ0v) is 10.7. The number of hydrogen-bond acceptors (Lipinski definition) is 3. The minimum atomic E-state index is 0.448. The molecule has 0 saturated carbocycles. The number of hydrogen-bond donors (Lipinski definition) is 2. The van der Waals surface area contributed by atoms with Crippen LogP contribution in [0.1, 0.15) is 5.56 Å². The van der Waals surface area contributed by atoms with Crippen molar-refractivity contribution in [3.8, 4) is 0 Å². The quantitative estimate of drug-likeness (QED) is 0.864. The van der Waals surface area contributed by atoms with Gasteiger partial charge in [-0.2, -0.15) is 0 Å². The van der Waals surface area contributed by atoms with Gasteiger partial charge in [-0.25, -0.2) is 4.98 Å². The van der Waals surface area contributed by atoms with Gasteiger partial charge in [-0.15, -0.1) is 0 Å². The molecule has 17 heavy (non-hydrogen) atoms. The molecule has 88 valence electrons. The van der Waals surface area contributed by atoms with Crippen LogP contribution in [0.5, 0.6) is 0 Å². The van der Waals surface area contributed by atoms with Gasteiger partial charge in [-0.3, -0.25) is 0 Å². The zero-order chi connectivity index (χ0) is 12.4. The van der Waals surface area contributed by atoms with Gasteiger partial charge in [0, 0.05) is 23.0 Å². The summed E-state index contributed by atoms with van der Waals surface area (Å²) in [6.45, 7) is 1.91. The number of pyridine rings is 1. The minimum Gasteiger partial charge on any atom is -0.384 e. The number of aromatic nitrogens is 1. The molecule has 0 radical (unpaired) electrons. The fraction of sp³-hybridized carbons (Fsp3) is 0.0833. The summed E-state index contributed by atoms with van der Waals surface area (Å²) >= 11 is 12.2. The molecule has 1 heterocycles. The first-order valence-electron chi connectivity index (χ1n) is 5.00. The molecule has 0 aliphatic heterocycles. The molecule has 0 amide bonds. The van der Waals surface area contributed by atoms with Gasteiger partial charge < -0.3 is 11.1 Å². The molecule has 0 saturated heterocycles. The fourth-order valence-corrected chi connectivity index (χ4v) is 1.85. The van der Waals surface area contributed by atoms with Crippen molar-refractivity contribution in [1.29, 1.82) is 0 Å². The number of nitrogens with two attached hydrogens (primary N) is 1. The summed E-state index contributed by atoms with van der Waals surface area (Å²) in [5.41, 5.74) is 8.10. The van der Waals surface area contributed by atoms with Gasteiger partial charge in [-0.05, 0) is 30.7 Å². The van der Waals surface area contributed by atoms with E-state index in [1.165, 1.54) is 0 Å². The highest BCUT2D eigenvalue weighted by atomic mass is 35.5. The summed E-state index contributed by atoms with van der Waals surface area (Å²) in [4.78, 5) is 3.91. The number of nitrogens with zero attached hydrogens (tertiary/aromatic N) is 1. The van der Waals surface area contributed by atoms with Crippen molar-refractivity contribution in [2.24, 2.45) is 0 Å². The lowest BCUT2D eigenvalue weighted by Crippen LogP contribution is -1.95. The third-order valence-electron chi connectivity index (χ3n) is 2.31. The Kier molecular flexibility index (Phi) is 3.41. The monoisotopic (exact) mass is 267 g/mol. The molecular formula is C12H11Cl2N3. The molecule has 0 aliphatic carbocycles. The summed E-state index contributed by atoms with van der Waals surface area (Å²) < 4.78 is 0. The van der Waals surface area contributed by atoms with Crippen LogP contribution in [0.25, 0.3) is 0 Å². The lowest BCUT2D eigenvalue weighted by Gasteiger charge is -2.10. The Morgan fingerprint density at radius 3 is 2.65 bits per heavy atom. The van der Waals surface area contributed by atoms with E-state index in [-0.39, 0.29) is 0 Å². The summed E-state index contributed by atoms with van der Waals surface area (Å²) in [5, 5.41) is 4.42. The van der Waals surface area contributed by atoms with E-state index in [1.807, 2.05) is 13.0 Å². The first-order chi connectivity index (χ1) is 8.06. The smallest absolute Gasteiger partial charge is 0.125 e. The number of nitrogen functional groups attached to an aromatic ring is 1. The Morgan fingerprint density at radius 1 is 1.18 bits per heavy atom. The lowest BCUT2D eigenvalue weighted by atomic mass is 10.2. The highest BCUT2D eigenvalue weighted by Gasteiger charge is 2.05. The first-order valence-corrected chi connectivity index (χ1v) is 5.76. The average Bonchev–Trinajstić information content (AvgIpc) is 2.26. The van der Waals surface area contributed by atoms with Crippen molar-refractivity contribution in [3.63, 3.8) is 0 Å². The third-order valence-corrected chi connectivity index (χ3v) is 3.03. The van der Waals surface area contributed by atoms with E-state index in [0.29, 0.717) is 15.9 Å². The van der Waals surface area contributed by atoms with Crippen molar-refractivity contribution in [2.45, 2.75) is 6.92 Å². The molecule has 2 rings (SSSR count).